The van der Waals surface area contributed by atoms with Gasteiger partial charge in [-0.1, -0.05) is 23.1 Å². The quantitative estimate of drug-likeness (QED) is 0.169. The number of benzene rings is 2. The van der Waals surface area contributed by atoms with Gasteiger partial charge in [-0.3, -0.25) is 0 Å². The summed E-state index contributed by atoms with van der Waals surface area (Å²) in [6, 6.07) is 27.4. The van der Waals surface area contributed by atoms with E-state index in [2.05, 4.69) is 47.0 Å². The van der Waals surface area contributed by atoms with Gasteiger partial charge in [0, 0.05) is 63.0 Å². The van der Waals surface area contributed by atoms with E-state index in [-0.39, 0.29) is 25.8 Å². The molecular weight excluding hydrogens is 679 g/mol. The van der Waals surface area contributed by atoms with E-state index in [4.69, 9.17) is 8.53 Å². The number of aryl methyl sites for hydroxylation is 4. The van der Waals surface area contributed by atoms with E-state index in [9.17, 15) is 0 Å². The molecule has 4 nitrogen and oxygen atoms in total. The molecule has 0 aliphatic carbocycles. The molecule has 5 heterocycles. The molecule has 0 saturated carbocycles. The first-order chi connectivity index (χ1) is 19.7. The molecule has 0 spiro atoms. The molecule has 0 amide bonds. The molecule has 0 N–H and O–H groups in total. The zero-order valence-electron chi connectivity index (χ0n) is 24.5. The summed E-state index contributed by atoms with van der Waals surface area (Å²) in [5, 5.41) is 2.83. The van der Waals surface area contributed by atoms with Crippen molar-refractivity contribution < 1.29 is 28.6 Å². The van der Waals surface area contributed by atoms with Gasteiger partial charge in [0.1, 0.15) is 0 Å². The van der Waals surface area contributed by atoms with E-state index in [1.807, 2.05) is 61.7 Å². The third-order valence-corrected chi connectivity index (χ3v) is 7.75. The monoisotopic (exact) mass is 707 g/mol. The third-order valence-electron chi connectivity index (χ3n) is 6.52. The van der Waals surface area contributed by atoms with E-state index in [0.717, 1.165) is 38.0 Å². The van der Waals surface area contributed by atoms with Crippen LogP contribution in [0.2, 0.25) is 0 Å². The van der Waals surface area contributed by atoms with E-state index < -0.39 is 6.85 Å². The van der Waals surface area contributed by atoms with Crippen LogP contribution in [0, 0.1) is 39.8 Å². The minimum absolute atomic E-state index is 0. The SMILES string of the molecule is Cc1ccc(-c2[c-]cccc2)nc1.[2H]C([2H])([2H])c1ccc2c(n1)oc1c(-c3nccc4c(C)c(C)sc34)[c-]ccc12.[Ir]. The second kappa shape index (κ2) is 11.2. The number of nitrogens with zero attached hydrogens (tertiary/aromatic N) is 3. The number of rotatable bonds is 2. The maximum atomic E-state index is 7.59. The van der Waals surface area contributed by atoms with Gasteiger partial charge in [0.15, 0.2) is 0 Å². The zero-order chi connectivity index (χ0) is 28.7. The van der Waals surface area contributed by atoms with Crippen molar-refractivity contribution in [1.82, 2.24) is 15.0 Å². The van der Waals surface area contributed by atoms with Gasteiger partial charge < -0.3 is 14.4 Å². The van der Waals surface area contributed by atoms with E-state index in [0.29, 0.717) is 11.3 Å². The Bertz CT molecular complexity index is 2020. The number of aromatic nitrogens is 3. The Kier molecular flexibility index (Phi) is 6.66. The molecule has 0 fully saturated rings. The summed E-state index contributed by atoms with van der Waals surface area (Å²) >= 11 is 1.71. The van der Waals surface area contributed by atoms with Crippen LogP contribution in [-0.4, -0.2) is 15.0 Å². The molecule has 39 heavy (non-hydrogen) atoms. The molecule has 0 bridgehead atoms. The van der Waals surface area contributed by atoms with Crippen LogP contribution in [0.4, 0.5) is 0 Å². The number of pyridine rings is 3. The molecular formula is C33H25IrN3OS-2. The molecule has 5 aromatic heterocycles. The molecule has 0 aliphatic heterocycles. The molecule has 0 atom stereocenters. The van der Waals surface area contributed by atoms with Crippen molar-refractivity contribution >= 4 is 43.5 Å². The molecule has 6 heteroatoms. The Morgan fingerprint density at radius 3 is 2.54 bits per heavy atom. The summed E-state index contributed by atoms with van der Waals surface area (Å²) in [4.78, 5) is 14.4. The number of thiophene rings is 1. The van der Waals surface area contributed by atoms with Crippen molar-refractivity contribution in [2.24, 2.45) is 0 Å². The maximum Gasteiger partial charge on any atom is 0.216 e. The third kappa shape index (κ3) is 5.16. The van der Waals surface area contributed by atoms with Gasteiger partial charge in [-0.05, 0) is 68.0 Å². The van der Waals surface area contributed by atoms with Gasteiger partial charge in [-0.2, -0.15) is 0 Å². The largest absolute Gasteiger partial charge is 0.486 e. The summed E-state index contributed by atoms with van der Waals surface area (Å²) in [5.74, 6) is 0. The molecule has 7 aromatic rings. The van der Waals surface area contributed by atoms with Crippen LogP contribution in [0.25, 0.3) is 54.7 Å². The van der Waals surface area contributed by atoms with Gasteiger partial charge in [-0.15, -0.1) is 65.4 Å². The van der Waals surface area contributed by atoms with Gasteiger partial charge >= 0.3 is 0 Å². The molecule has 7 rings (SSSR count). The van der Waals surface area contributed by atoms with Crippen LogP contribution in [0.1, 0.15) is 25.8 Å². The first kappa shape index (κ1) is 23.2. The molecule has 0 aliphatic rings. The molecule has 0 saturated heterocycles. The standard InChI is InChI=1S/C21H15N2OS.C12H10N.Ir/c1-11-7-8-16-15-5-4-6-17(19(15)24-21(16)23-11)18-20-14(9-10-22-18)12(2)13(3)25-20;1-10-7-8-12(13-9-10)11-5-3-2-4-6-11;/h4-5,7-10H,1-3H3;2-5,7-9H,1H3;/q2*-1;/i1D3;;. The molecule has 1 radical (unpaired) electrons. The van der Waals surface area contributed by atoms with Crippen molar-refractivity contribution in [1.29, 1.82) is 0 Å². The molecule has 2 aromatic carbocycles. The fraction of sp³-hybridized carbons (Fsp3) is 0.121. The normalized spacial score (nSPS) is 12.3. The van der Waals surface area contributed by atoms with Gasteiger partial charge in [-0.25, -0.2) is 4.98 Å². The second-order valence-electron chi connectivity index (χ2n) is 9.06. The van der Waals surface area contributed by atoms with Crippen LogP contribution in [0.3, 0.4) is 0 Å². The fourth-order valence-corrected chi connectivity index (χ4v) is 5.57. The Balaban J connectivity index is 0.000000212. The zero-order valence-corrected chi connectivity index (χ0v) is 24.7. The van der Waals surface area contributed by atoms with Crippen molar-refractivity contribution in [3.05, 3.63) is 113 Å². The first-order valence-electron chi connectivity index (χ1n) is 13.7. The number of fused-ring (bicyclic) bond motifs is 4. The van der Waals surface area contributed by atoms with Crippen molar-refractivity contribution in [2.75, 3.05) is 0 Å². The summed E-state index contributed by atoms with van der Waals surface area (Å²) in [7, 11) is 0. The Labute approximate surface area is 249 Å². The summed E-state index contributed by atoms with van der Waals surface area (Å²) in [6.45, 7) is 3.98. The Morgan fingerprint density at radius 1 is 0.872 bits per heavy atom. The van der Waals surface area contributed by atoms with Gasteiger partial charge in [0.2, 0.25) is 5.71 Å². The van der Waals surface area contributed by atoms with Crippen LogP contribution in [0.15, 0.2) is 83.5 Å². The van der Waals surface area contributed by atoms with Crippen molar-refractivity contribution in [3.63, 3.8) is 0 Å². The van der Waals surface area contributed by atoms with Crippen LogP contribution >= 0.6 is 11.3 Å². The van der Waals surface area contributed by atoms with Crippen molar-refractivity contribution in [3.8, 4) is 22.5 Å². The molecule has 195 valence electrons. The van der Waals surface area contributed by atoms with Gasteiger partial charge in [0.25, 0.3) is 0 Å². The predicted molar refractivity (Wildman–Crippen MR) is 156 cm³/mol. The average Bonchev–Trinajstić information content (AvgIpc) is 3.50. The van der Waals surface area contributed by atoms with Crippen LogP contribution < -0.4 is 0 Å². The number of hydrogen-bond acceptors (Lipinski definition) is 5. The Morgan fingerprint density at radius 2 is 1.77 bits per heavy atom. The molecule has 0 unspecified atom stereocenters. The summed E-state index contributed by atoms with van der Waals surface area (Å²) < 4.78 is 29.9. The average molecular weight is 707 g/mol. The van der Waals surface area contributed by atoms with E-state index in [1.165, 1.54) is 27.5 Å². The van der Waals surface area contributed by atoms with E-state index >= 15 is 0 Å². The van der Waals surface area contributed by atoms with Crippen LogP contribution in [-0.2, 0) is 20.1 Å². The number of furan rings is 1. The van der Waals surface area contributed by atoms with E-state index in [1.54, 1.807) is 23.6 Å². The first-order valence-corrected chi connectivity index (χ1v) is 13.0. The van der Waals surface area contributed by atoms with Gasteiger partial charge in [0.05, 0.1) is 5.58 Å². The van der Waals surface area contributed by atoms with Crippen LogP contribution in [0.5, 0.6) is 0 Å². The van der Waals surface area contributed by atoms with Crippen molar-refractivity contribution in [2.45, 2.75) is 27.6 Å². The second-order valence-corrected chi connectivity index (χ2v) is 10.3. The maximum absolute atomic E-state index is 7.59. The Hall–Kier alpha value is -3.70. The predicted octanol–water partition coefficient (Wildman–Crippen LogP) is 8.84. The minimum Gasteiger partial charge on any atom is -0.486 e. The topological polar surface area (TPSA) is 51.8 Å². The minimum atomic E-state index is -2.28. The fourth-order valence-electron chi connectivity index (χ4n) is 4.42. The summed E-state index contributed by atoms with van der Waals surface area (Å²) in [5.41, 5.74) is 7.00. The smallest absolute Gasteiger partial charge is 0.216 e. The number of hydrogen-bond donors (Lipinski definition) is 0. The summed E-state index contributed by atoms with van der Waals surface area (Å²) in [6.07, 6.45) is 3.67.